The van der Waals surface area contributed by atoms with E-state index in [0.29, 0.717) is 0 Å². The Morgan fingerprint density at radius 3 is 2.37 bits per heavy atom. The average molecular weight is 256 g/mol. The highest BCUT2D eigenvalue weighted by Crippen LogP contribution is 2.27. The molecule has 0 amide bonds. The summed E-state index contributed by atoms with van der Waals surface area (Å²) in [5, 5.41) is 9.68. The highest BCUT2D eigenvalue weighted by molar-refractivity contribution is 5.38. The van der Waals surface area contributed by atoms with Gasteiger partial charge in [0.2, 0.25) is 0 Å². The van der Waals surface area contributed by atoms with Gasteiger partial charge in [-0.05, 0) is 35.2 Å². The van der Waals surface area contributed by atoms with Gasteiger partial charge >= 0.3 is 0 Å². The lowest BCUT2D eigenvalue weighted by Gasteiger charge is -2.16. The minimum Gasteiger partial charge on any atom is -0.497 e. The van der Waals surface area contributed by atoms with Crippen molar-refractivity contribution in [1.82, 2.24) is 0 Å². The largest absolute Gasteiger partial charge is 0.497 e. The highest BCUT2D eigenvalue weighted by atomic mass is 16.5. The second-order valence-corrected chi connectivity index (χ2v) is 4.61. The summed E-state index contributed by atoms with van der Waals surface area (Å²) >= 11 is 0. The molecule has 1 atom stereocenters. The zero-order chi connectivity index (χ0) is 13.7. The molecule has 0 aromatic heterocycles. The number of aliphatic hydroxyl groups is 1. The van der Waals surface area contributed by atoms with E-state index in [1.54, 1.807) is 7.11 Å². The predicted molar refractivity (Wildman–Crippen MR) is 77.7 cm³/mol. The Hall–Kier alpha value is -1.80. The molecule has 0 saturated heterocycles. The van der Waals surface area contributed by atoms with Gasteiger partial charge in [0.1, 0.15) is 5.75 Å². The van der Waals surface area contributed by atoms with E-state index in [1.807, 2.05) is 24.3 Å². The van der Waals surface area contributed by atoms with Crippen LogP contribution in [0.3, 0.4) is 0 Å². The van der Waals surface area contributed by atoms with Gasteiger partial charge < -0.3 is 9.84 Å². The normalized spacial score (nSPS) is 12.2. The van der Waals surface area contributed by atoms with Gasteiger partial charge in [-0.3, -0.25) is 0 Å². The molecule has 0 saturated carbocycles. The molecule has 0 aliphatic carbocycles. The standard InChI is InChI=1S/C17H20O2/c1-3-13-7-9-14(10-8-13)17(12-18)15-5-4-6-16(11-15)19-2/h4-11,17-18H,3,12H2,1-2H3. The van der Waals surface area contributed by atoms with Crippen LogP contribution in [0.1, 0.15) is 29.5 Å². The lowest BCUT2D eigenvalue weighted by atomic mass is 9.91. The fraction of sp³-hybridized carbons (Fsp3) is 0.294. The third kappa shape index (κ3) is 3.15. The second-order valence-electron chi connectivity index (χ2n) is 4.61. The average Bonchev–Trinajstić information content (AvgIpc) is 2.49. The monoisotopic (exact) mass is 256 g/mol. The Labute approximate surface area is 114 Å². The van der Waals surface area contributed by atoms with Crippen LogP contribution in [0.2, 0.25) is 0 Å². The van der Waals surface area contributed by atoms with E-state index in [4.69, 9.17) is 4.74 Å². The molecule has 2 heteroatoms. The molecular weight excluding hydrogens is 236 g/mol. The third-order valence-electron chi connectivity index (χ3n) is 3.47. The van der Waals surface area contributed by atoms with Gasteiger partial charge in [-0.15, -0.1) is 0 Å². The van der Waals surface area contributed by atoms with E-state index in [0.717, 1.165) is 23.3 Å². The maximum atomic E-state index is 9.68. The van der Waals surface area contributed by atoms with Crippen LogP contribution in [-0.2, 0) is 6.42 Å². The van der Waals surface area contributed by atoms with E-state index >= 15 is 0 Å². The second kappa shape index (κ2) is 6.39. The van der Waals surface area contributed by atoms with Crippen molar-refractivity contribution in [3.8, 4) is 5.75 Å². The van der Waals surface area contributed by atoms with E-state index < -0.39 is 0 Å². The molecule has 2 aromatic rings. The van der Waals surface area contributed by atoms with Crippen LogP contribution in [0.25, 0.3) is 0 Å². The van der Waals surface area contributed by atoms with Gasteiger partial charge in [0.05, 0.1) is 13.7 Å². The van der Waals surface area contributed by atoms with Gasteiger partial charge in [0.15, 0.2) is 0 Å². The number of benzene rings is 2. The fourth-order valence-corrected chi connectivity index (χ4v) is 2.25. The molecule has 0 spiro atoms. The lowest BCUT2D eigenvalue weighted by Crippen LogP contribution is -2.06. The fourth-order valence-electron chi connectivity index (χ4n) is 2.25. The van der Waals surface area contributed by atoms with Crippen LogP contribution in [0.5, 0.6) is 5.75 Å². The summed E-state index contributed by atoms with van der Waals surface area (Å²) in [7, 11) is 1.66. The molecule has 0 radical (unpaired) electrons. The summed E-state index contributed by atoms with van der Waals surface area (Å²) in [5.74, 6) is 0.821. The van der Waals surface area contributed by atoms with Crippen LogP contribution >= 0.6 is 0 Å². The van der Waals surface area contributed by atoms with Gasteiger partial charge in [0, 0.05) is 5.92 Å². The molecule has 19 heavy (non-hydrogen) atoms. The molecular formula is C17H20O2. The summed E-state index contributed by atoms with van der Waals surface area (Å²) < 4.78 is 5.24. The molecule has 0 aliphatic rings. The summed E-state index contributed by atoms with van der Waals surface area (Å²) in [6.45, 7) is 2.24. The summed E-state index contributed by atoms with van der Waals surface area (Å²) in [6.07, 6.45) is 1.03. The van der Waals surface area contributed by atoms with Crippen LogP contribution < -0.4 is 4.74 Å². The van der Waals surface area contributed by atoms with E-state index in [1.165, 1.54) is 5.56 Å². The third-order valence-corrected chi connectivity index (χ3v) is 3.47. The van der Waals surface area contributed by atoms with Crippen LogP contribution in [0.4, 0.5) is 0 Å². The molecule has 0 bridgehead atoms. The topological polar surface area (TPSA) is 29.5 Å². The molecule has 2 rings (SSSR count). The number of hydrogen-bond acceptors (Lipinski definition) is 2. The number of methoxy groups -OCH3 is 1. The first-order valence-electron chi connectivity index (χ1n) is 6.62. The van der Waals surface area contributed by atoms with Gasteiger partial charge in [0.25, 0.3) is 0 Å². The maximum absolute atomic E-state index is 9.68. The van der Waals surface area contributed by atoms with Crippen LogP contribution in [-0.4, -0.2) is 18.8 Å². The number of rotatable bonds is 5. The molecule has 2 nitrogen and oxygen atoms in total. The number of aliphatic hydroxyl groups excluding tert-OH is 1. The Morgan fingerprint density at radius 1 is 1.05 bits per heavy atom. The van der Waals surface area contributed by atoms with Crippen molar-refractivity contribution in [3.05, 3.63) is 65.2 Å². The van der Waals surface area contributed by atoms with Crippen molar-refractivity contribution in [3.63, 3.8) is 0 Å². The summed E-state index contributed by atoms with van der Waals surface area (Å²) in [4.78, 5) is 0. The first kappa shape index (κ1) is 13.6. The van der Waals surface area contributed by atoms with Gasteiger partial charge in [-0.1, -0.05) is 43.3 Å². The minimum atomic E-state index is 0.000932. The van der Waals surface area contributed by atoms with E-state index in [2.05, 4.69) is 31.2 Å². The molecule has 100 valence electrons. The first-order chi connectivity index (χ1) is 9.28. The Morgan fingerprint density at radius 2 is 1.79 bits per heavy atom. The smallest absolute Gasteiger partial charge is 0.119 e. The Kier molecular flexibility index (Phi) is 4.58. The predicted octanol–water partition coefficient (Wildman–Crippen LogP) is 3.38. The summed E-state index contributed by atoms with van der Waals surface area (Å²) in [5.41, 5.74) is 3.52. The zero-order valence-electron chi connectivity index (χ0n) is 11.5. The van der Waals surface area contributed by atoms with Crippen molar-refractivity contribution >= 4 is 0 Å². The van der Waals surface area contributed by atoms with E-state index in [9.17, 15) is 5.11 Å². The van der Waals surface area contributed by atoms with Gasteiger partial charge in [-0.2, -0.15) is 0 Å². The molecule has 1 unspecified atom stereocenters. The molecule has 0 heterocycles. The zero-order valence-corrected chi connectivity index (χ0v) is 11.5. The quantitative estimate of drug-likeness (QED) is 0.888. The van der Waals surface area contributed by atoms with Crippen molar-refractivity contribution in [2.45, 2.75) is 19.3 Å². The molecule has 2 aromatic carbocycles. The lowest BCUT2D eigenvalue weighted by molar-refractivity contribution is 0.280. The van der Waals surface area contributed by atoms with Crippen LogP contribution in [0.15, 0.2) is 48.5 Å². The van der Waals surface area contributed by atoms with Crippen molar-refractivity contribution < 1.29 is 9.84 Å². The number of hydrogen-bond donors (Lipinski definition) is 1. The maximum Gasteiger partial charge on any atom is 0.119 e. The Balaban J connectivity index is 2.31. The summed E-state index contributed by atoms with van der Waals surface area (Å²) in [6, 6.07) is 16.3. The van der Waals surface area contributed by atoms with Gasteiger partial charge in [-0.25, -0.2) is 0 Å². The molecule has 0 fully saturated rings. The Bertz CT molecular complexity index is 517. The number of ether oxygens (including phenoxy) is 1. The molecule has 1 N–H and O–H groups in total. The highest BCUT2D eigenvalue weighted by Gasteiger charge is 2.13. The minimum absolute atomic E-state index is 0.000932. The van der Waals surface area contributed by atoms with E-state index in [-0.39, 0.29) is 12.5 Å². The van der Waals surface area contributed by atoms with Crippen molar-refractivity contribution in [2.75, 3.05) is 13.7 Å². The SMILES string of the molecule is CCc1ccc(C(CO)c2cccc(OC)c2)cc1. The van der Waals surface area contributed by atoms with Crippen molar-refractivity contribution in [2.24, 2.45) is 0 Å². The van der Waals surface area contributed by atoms with Crippen LogP contribution in [0, 0.1) is 0 Å². The van der Waals surface area contributed by atoms with Crippen molar-refractivity contribution in [1.29, 1.82) is 0 Å². The first-order valence-corrected chi connectivity index (χ1v) is 6.62. The molecule has 0 aliphatic heterocycles. The number of aryl methyl sites for hydroxylation is 1.